The highest BCUT2D eigenvalue weighted by molar-refractivity contribution is 5.93. The van der Waals surface area contributed by atoms with Gasteiger partial charge in [-0.05, 0) is 26.0 Å². The Morgan fingerprint density at radius 1 is 1.38 bits per heavy atom. The van der Waals surface area contributed by atoms with Crippen LogP contribution in [0.5, 0.6) is 5.75 Å². The number of hydrogen-bond acceptors (Lipinski definition) is 4. The van der Waals surface area contributed by atoms with Crippen molar-refractivity contribution in [1.29, 1.82) is 0 Å². The molecule has 2 N–H and O–H groups in total. The Morgan fingerprint density at radius 3 is 2.71 bits per heavy atom. The first-order valence-electron chi connectivity index (χ1n) is 6.48. The lowest BCUT2D eigenvalue weighted by Crippen LogP contribution is -2.30. The van der Waals surface area contributed by atoms with Gasteiger partial charge < -0.3 is 20.1 Å². The first-order valence-corrected chi connectivity index (χ1v) is 6.48. The van der Waals surface area contributed by atoms with Crippen molar-refractivity contribution >= 4 is 24.0 Å². The fourth-order valence-corrected chi connectivity index (χ4v) is 1.53. The van der Waals surface area contributed by atoms with Gasteiger partial charge in [0.2, 0.25) is 5.91 Å². The topological polar surface area (TPSA) is 59.6 Å². The third-order valence-corrected chi connectivity index (χ3v) is 2.35. The number of halogens is 2. The summed E-state index contributed by atoms with van der Waals surface area (Å²) >= 11 is 0. The molecule has 1 aromatic carbocycles. The Balaban J connectivity index is 0.00000400. The van der Waals surface area contributed by atoms with Gasteiger partial charge in [0.25, 0.3) is 0 Å². The molecule has 0 spiro atoms. The van der Waals surface area contributed by atoms with Gasteiger partial charge in [0, 0.05) is 19.7 Å². The molecule has 0 fully saturated rings. The highest BCUT2D eigenvalue weighted by atomic mass is 35.5. The maximum Gasteiger partial charge on any atom is 0.238 e. The zero-order valence-electron chi connectivity index (χ0n) is 12.4. The van der Waals surface area contributed by atoms with Crippen molar-refractivity contribution in [3.63, 3.8) is 0 Å². The minimum atomic E-state index is -0.427. The Kier molecular flexibility index (Phi) is 9.69. The van der Waals surface area contributed by atoms with Crippen molar-refractivity contribution in [3.05, 3.63) is 24.0 Å². The number of nitrogens with one attached hydrogen (secondary N) is 2. The van der Waals surface area contributed by atoms with Gasteiger partial charge in [-0.25, -0.2) is 4.39 Å². The van der Waals surface area contributed by atoms with Gasteiger partial charge in [-0.1, -0.05) is 0 Å². The monoisotopic (exact) mass is 320 g/mol. The van der Waals surface area contributed by atoms with Crippen molar-refractivity contribution in [1.82, 2.24) is 5.32 Å². The zero-order chi connectivity index (χ0) is 15.0. The second kappa shape index (κ2) is 10.4. The molecule has 0 aliphatic rings. The lowest BCUT2D eigenvalue weighted by Gasteiger charge is -2.15. The molecule has 7 heteroatoms. The van der Waals surface area contributed by atoms with Crippen LogP contribution in [0.1, 0.15) is 13.8 Å². The van der Waals surface area contributed by atoms with Crippen LogP contribution >= 0.6 is 12.4 Å². The van der Waals surface area contributed by atoms with E-state index in [0.29, 0.717) is 24.6 Å². The van der Waals surface area contributed by atoms with E-state index in [1.165, 1.54) is 18.2 Å². The van der Waals surface area contributed by atoms with Gasteiger partial charge in [0.05, 0.1) is 24.9 Å². The molecule has 1 rings (SSSR count). The van der Waals surface area contributed by atoms with Crippen LogP contribution < -0.4 is 15.4 Å². The standard InChI is InChI=1S/C14H21FN2O3.ClH/c1-10(2)20-13-5-4-11(15)8-12(13)17-14(18)9-16-6-7-19-3;/h4-5,8,10,16H,6-7,9H2,1-3H3,(H,17,18);1H. The molecule has 0 unspecified atom stereocenters. The maximum atomic E-state index is 13.2. The number of carbonyl (C=O) groups is 1. The predicted octanol–water partition coefficient (Wildman–Crippen LogP) is 2.21. The largest absolute Gasteiger partial charge is 0.489 e. The maximum absolute atomic E-state index is 13.2. The molecule has 0 saturated carbocycles. The van der Waals surface area contributed by atoms with E-state index in [-0.39, 0.29) is 31.0 Å². The van der Waals surface area contributed by atoms with Crippen molar-refractivity contribution in [2.24, 2.45) is 0 Å². The average Bonchev–Trinajstić information content (AvgIpc) is 2.37. The van der Waals surface area contributed by atoms with Crippen LogP contribution in [0.3, 0.4) is 0 Å². The summed E-state index contributed by atoms with van der Waals surface area (Å²) in [6.07, 6.45) is -0.0593. The number of amides is 1. The molecule has 21 heavy (non-hydrogen) atoms. The number of methoxy groups -OCH3 is 1. The third-order valence-electron chi connectivity index (χ3n) is 2.35. The van der Waals surface area contributed by atoms with Crippen LogP contribution in [0.2, 0.25) is 0 Å². The normalized spacial score (nSPS) is 10.1. The summed E-state index contributed by atoms with van der Waals surface area (Å²) in [4.78, 5) is 11.7. The van der Waals surface area contributed by atoms with Crippen molar-refractivity contribution < 1.29 is 18.7 Å². The average molecular weight is 321 g/mol. The molecule has 1 amide bonds. The van der Waals surface area contributed by atoms with E-state index in [0.717, 1.165) is 0 Å². The zero-order valence-corrected chi connectivity index (χ0v) is 13.3. The Hall–Kier alpha value is -1.37. The summed E-state index contributed by atoms with van der Waals surface area (Å²) in [6, 6.07) is 4.04. The molecule has 0 heterocycles. The Labute approximate surface area is 130 Å². The van der Waals surface area contributed by atoms with E-state index in [1.54, 1.807) is 7.11 Å². The summed E-state index contributed by atoms with van der Waals surface area (Å²) in [7, 11) is 1.59. The van der Waals surface area contributed by atoms with E-state index >= 15 is 0 Å². The van der Waals surface area contributed by atoms with Crippen molar-refractivity contribution in [2.75, 3.05) is 32.1 Å². The molecule has 0 aromatic heterocycles. The van der Waals surface area contributed by atoms with E-state index < -0.39 is 5.82 Å². The third kappa shape index (κ3) is 7.84. The van der Waals surface area contributed by atoms with Gasteiger partial charge >= 0.3 is 0 Å². The molecule has 5 nitrogen and oxygen atoms in total. The van der Waals surface area contributed by atoms with Gasteiger partial charge in [-0.2, -0.15) is 0 Å². The number of carbonyl (C=O) groups excluding carboxylic acids is 1. The van der Waals surface area contributed by atoms with Crippen LogP contribution in [0.25, 0.3) is 0 Å². The number of rotatable bonds is 8. The molecule has 1 aromatic rings. The summed E-state index contributed by atoms with van der Waals surface area (Å²) in [5.74, 6) is -0.240. The molecule has 0 radical (unpaired) electrons. The van der Waals surface area contributed by atoms with E-state index in [2.05, 4.69) is 10.6 Å². The lowest BCUT2D eigenvalue weighted by molar-refractivity contribution is -0.115. The molecular weight excluding hydrogens is 299 g/mol. The van der Waals surface area contributed by atoms with Gasteiger partial charge in [-0.15, -0.1) is 12.4 Å². The highest BCUT2D eigenvalue weighted by Gasteiger charge is 2.10. The van der Waals surface area contributed by atoms with E-state index in [4.69, 9.17) is 9.47 Å². The Bertz CT molecular complexity index is 444. The molecule has 0 aliphatic heterocycles. The summed E-state index contributed by atoms with van der Waals surface area (Å²) in [6.45, 7) is 4.95. The quantitative estimate of drug-likeness (QED) is 0.721. The smallest absolute Gasteiger partial charge is 0.238 e. The van der Waals surface area contributed by atoms with Gasteiger partial charge in [0.1, 0.15) is 11.6 Å². The minimum absolute atomic E-state index is 0. The van der Waals surface area contributed by atoms with Gasteiger partial charge in [-0.3, -0.25) is 4.79 Å². The molecular formula is C14H22ClFN2O3. The second-order valence-electron chi connectivity index (χ2n) is 4.52. The van der Waals surface area contributed by atoms with Crippen LogP contribution in [0, 0.1) is 5.82 Å². The van der Waals surface area contributed by atoms with Crippen LogP contribution in [0.4, 0.5) is 10.1 Å². The van der Waals surface area contributed by atoms with Gasteiger partial charge in [0.15, 0.2) is 0 Å². The summed E-state index contributed by atoms with van der Waals surface area (Å²) in [5, 5.41) is 5.54. The van der Waals surface area contributed by atoms with Crippen molar-refractivity contribution in [3.8, 4) is 5.75 Å². The first-order chi connectivity index (χ1) is 9.52. The Morgan fingerprint density at radius 2 is 2.10 bits per heavy atom. The number of anilines is 1. The summed E-state index contributed by atoms with van der Waals surface area (Å²) in [5.41, 5.74) is 0.331. The summed E-state index contributed by atoms with van der Waals surface area (Å²) < 4.78 is 23.6. The van der Waals surface area contributed by atoms with Crippen LogP contribution in [-0.4, -0.2) is 38.8 Å². The predicted molar refractivity (Wildman–Crippen MR) is 82.8 cm³/mol. The fraction of sp³-hybridized carbons (Fsp3) is 0.500. The van der Waals surface area contributed by atoms with Crippen LogP contribution in [0.15, 0.2) is 18.2 Å². The molecule has 0 aliphatic carbocycles. The fourth-order valence-electron chi connectivity index (χ4n) is 1.53. The van der Waals surface area contributed by atoms with Crippen molar-refractivity contribution in [2.45, 2.75) is 20.0 Å². The lowest BCUT2D eigenvalue weighted by atomic mass is 10.2. The number of hydrogen-bond donors (Lipinski definition) is 2. The highest BCUT2D eigenvalue weighted by Crippen LogP contribution is 2.26. The second-order valence-corrected chi connectivity index (χ2v) is 4.52. The number of benzene rings is 1. The van der Waals surface area contributed by atoms with E-state index in [9.17, 15) is 9.18 Å². The number of ether oxygens (including phenoxy) is 2. The molecule has 0 bridgehead atoms. The van der Waals surface area contributed by atoms with E-state index in [1.807, 2.05) is 13.8 Å². The molecule has 120 valence electrons. The van der Waals surface area contributed by atoms with Crippen LogP contribution in [-0.2, 0) is 9.53 Å². The molecule has 0 saturated heterocycles. The SMILES string of the molecule is COCCNCC(=O)Nc1cc(F)ccc1OC(C)C.Cl. The molecule has 0 atom stereocenters. The first kappa shape index (κ1) is 19.6. The minimum Gasteiger partial charge on any atom is -0.489 e.